The Morgan fingerprint density at radius 3 is 2.33 bits per heavy atom. The first kappa shape index (κ1) is 19.7. The predicted octanol–water partition coefficient (Wildman–Crippen LogP) is 1.64. The monoisotopic (exact) mass is 403 g/mol. The average Bonchev–Trinajstić information content (AvgIpc) is 2.85. The topological polar surface area (TPSA) is 64.1 Å². The fourth-order valence-electron chi connectivity index (χ4n) is 3.16. The molecule has 1 fully saturated rings. The zero-order valence-electron chi connectivity index (χ0n) is 14.2. The van der Waals surface area contributed by atoms with Crippen LogP contribution in [-0.4, -0.2) is 66.1 Å². The van der Waals surface area contributed by atoms with Crippen LogP contribution < -0.4 is 4.90 Å². The van der Waals surface area contributed by atoms with Crippen molar-refractivity contribution in [3.63, 3.8) is 0 Å². The van der Waals surface area contributed by atoms with Gasteiger partial charge in [0.2, 0.25) is 0 Å². The van der Waals surface area contributed by atoms with Gasteiger partial charge in [0.1, 0.15) is 10.7 Å². The number of anilines is 1. The van der Waals surface area contributed by atoms with Gasteiger partial charge in [0.05, 0.1) is 17.9 Å². The van der Waals surface area contributed by atoms with Crippen LogP contribution in [0.15, 0.2) is 35.0 Å². The summed E-state index contributed by atoms with van der Waals surface area (Å²) in [6.45, 7) is 2.49. The molecule has 0 bridgehead atoms. The van der Waals surface area contributed by atoms with Gasteiger partial charge in [-0.2, -0.15) is 13.2 Å². The van der Waals surface area contributed by atoms with E-state index in [4.69, 9.17) is 16.7 Å². The standard InChI is InChI=1S/C17H17ClF3N3O3/c18-13-14(23-6-4-22(5-7-23)8-9-25)16(27)24(15(13)26)12-3-1-2-11(10-12)17(19,20)21/h1-3,10,25H,4-9H2. The molecule has 10 heteroatoms. The number of aliphatic hydroxyl groups excluding tert-OH is 1. The Balaban J connectivity index is 1.83. The molecule has 146 valence electrons. The number of carbonyl (C=O) groups excluding carboxylic acids is 2. The Labute approximate surface area is 158 Å². The number of hydrogen-bond donors (Lipinski definition) is 1. The van der Waals surface area contributed by atoms with Crippen molar-refractivity contribution in [3.8, 4) is 0 Å². The number of aliphatic hydroxyl groups is 1. The van der Waals surface area contributed by atoms with Crippen LogP contribution >= 0.6 is 11.6 Å². The van der Waals surface area contributed by atoms with Gasteiger partial charge in [-0.1, -0.05) is 17.7 Å². The summed E-state index contributed by atoms with van der Waals surface area (Å²) in [4.78, 5) is 29.6. The Bertz CT molecular complexity index is 789. The number of amides is 2. The molecule has 0 radical (unpaired) electrons. The summed E-state index contributed by atoms with van der Waals surface area (Å²) in [5.41, 5.74) is -1.13. The van der Waals surface area contributed by atoms with Crippen LogP contribution in [-0.2, 0) is 15.8 Å². The molecule has 1 saturated heterocycles. The van der Waals surface area contributed by atoms with E-state index >= 15 is 0 Å². The molecule has 27 heavy (non-hydrogen) atoms. The van der Waals surface area contributed by atoms with Crippen molar-refractivity contribution in [1.29, 1.82) is 0 Å². The van der Waals surface area contributed by atoms with Gasteiger partial charge < -0.3 is 10.0 Å². The van der Waals surface area contributed by atoms with E-state index in [2.05, 4.69) is 0 Å². The first-order valence-corrected chi connectivity index (χ1v) is 8.66. The number of rotatable bonds is 4. The number of imide groups is 1. The minimum absolute atomic E-state index is 0.00252. The molecule has 2 aliphatic heterocycles. The van der Waals surface area contributed by atoms with Gasteiger partial charge in [0.15, 0.2) is 0 Å². The van der Waals surface area contributed by atoms with E-state index in [1.54, 1.807) is 4.90 Å². The second-order valence-corrected chi connectivity index (χ2v) is 6.59. The van der Waals surface area contributed by atoms with Gasteiger partial charge in [0, 0.05) is 32.7 Å². The minimum Gasteiger partial charge on any atom is -0.395 e. The molecule has 2 amide bonds. The first-order chi connectivity index (χ1) is 12.7. The Hall–Kier alpha value is -2.10. The van der Waals surface area contributed by atoms with E-state index < -0.39 is 23.6 Å². The van der Waals surface area contributed by atoms with Crippen molar-refractivity contribution >= 4 is 29.1 Å². The van der Waals surface area contributed by atoms with E-state index in [0.717, 1.165) is 18.2 Å². The molecule has 3 rings (SSSR count). The van der Waals surface area contributed by atoms with Gasteiger partial charge in [0.25, 0.3) is 11.8 Å². The van der Waals surface area contributed by atoms with Crippen LogP contribution in [0.2, 0.25) is 0 Å². The second kappa shape index (κ2) is 7.49. The van der Waals surface area contributed by atoms with Crippen molar-refractivity contribution < 1.29 is 27.9 Å². The van der Waals surface area contributed by atoms with Crippen LogP contribution in [0.25, 0.3) is 0 Å². The summed E-state index contributed by atoms with van der Waals surface area (Å²) in [6.07, 6.45) is -4.59. The van der Waals surface area contributed by atoms with Gasteiger partial charge >= 0.3 is 6.18 Å². The lowest BCUT2D eigenvalue weighted by molar-refractivity contribution is -0.137. The van der Waals surface area contributed by atoms with Crippen LogP contribution in [0.4, 0.5) is 18.9 Å². The number of hydrogen-bond acceptors (Lipinski definition) is 5. The van der Waals surface area contributed by atoms with Gasteiger partial charge in [-0.15, -0.1) is 0 Å². The molecular weight excluding hydrogens is 387 g/mol. The number of benzene rings is 1. The highest BCUT2D eigenvalue weighted by atomic mass is 35.5. The van der Waals surface area contributed by atoms with Crippen LogP contribution in [0, 0.1) is 0 Å². The predicted molar refractivity (Wildman–Crippen MR) is 91.9 cm³/mol. The first-order valence-electron chi connectivity index (χ1n) is 8.28. The third-order valence-electron chi connectivity index (χ3n) is 4.54. The minimum atomic E-state index is -4.59. The molecule has 1 aromatic carbocycles. The molecule has 0 unspecified atom stereocenters. The Kier molecular flexibility index (Phi) is 5.45. The molecule has 1 aromatic rings. The summed E-state index contributed by atoms with van der Waals surface area (Å²) in [5.74, 6) is -1.58. The van der Waals surface area contributed by atoms with E-state index in [1.807, 2.05) is 4.90 Å². The summed E-state index contributed by atoms with van der Waals surface area (Å²) < 4.78 is 38.8. The molecule has 0 saturated carbocycles. The summed E-state index contributed by atoms with van der Waals surface area (Å²) in [5, 5.41) is 8.69. The molecule has 0 aliphatic carbocycles. The number of piperazine rings is 1. The van der Waals surface area contributed by atoms with E-state index in [0.29, 0.717) is 37.6 Å². The fourth-order valence-corrected chi connectivity index (χ4v) is 3.44. The maximum absolute atomic E-state index is 12.9. The number of carbonyl (C=O) groups is 2. The van der Waals surface area contributed by atoms with Crippen molar-refractivity contribution in [2.45, 2.75) is 6.18 Å². The lowest BCUT2D eigenvalue weighted by Gasteiger charge is -2.35. The Morgan fingerprint density at radius 2 is 1.74 bits per heavy atom. The van der Waals surface area contributed by atoms with Crippen LogP contribution in [0.3, 0.4) is 0 Å². The number of nitrogens with zero attached hydrogens (tertiary/aromatic N) is 3. The highest BCUT2D eigenvalue weighted by molar-refractivity contribution is 6.52. The number of halogens is 4. The van der Waals surface area contributed by atoms with Crippen molar-refractivity contribution in [2.24, 2.45) is 0 Å². The largest absolute Gasteiger partial charge is 0.416 e. The van der Waals surface area contributed by atoms with E-state index in [9.17, 15) is 22.8 Å². The maximum Gasteiger partial charge on any atom is 0.416 e. The van der Waals surface area contributed by atoms with Crippen LogP contribution in [0.1, 0.15) is 5.56 Å². The highest BCUT2D eigenvalue weighted by Gasteiger charge is 2.42. The quantitative estimate of drug-likeness (QED) is 0.774. The fraction of sp³-hybridized carbons (Fsp3) is 0.412. The SMILES string of the molecule is O=C1C(Cl)=C(N2CCN(CCO)CC2)C(=O)N1c1cccc(C(F)(F)F)c1. The van der Waals surface area contributed by atoms with Crippen molar-refractivity contribution in [1.82, 2.24) is 9.80 Å². The average molecular weight is 404 g/mol. The van der Waals surface area contributed by atoms with Crippen LogP contribution in [0.5, 0.6) is 0 Å². The third kappa shape index (κ3) is 3.80. The lowest BCUT2D eigenvalue weighted by Crippen LogP contribution is -2.48. The normalized spacial score (nSPS) is 19.4. The second-order valence-electron chi connectivity index (χ2n) is 6.21. The molecule has 0 atom stereocenters. The highest BCUT2D eigenvalue weighted by Crippen LogP contribution is 2.35. The zero-order valence-corrected chi connectivity index (χ0v) is 14.9. The number of alkyl halides is 3. The smallest absolute Gasteiger partial charge is 0.395 e. The summed E-state index contributed by atoms with van der Waals surface area (Å²) in [7, 11) is 0. The molecular formula is C17H17ClF3N3O3. The van der Waals surface area contributed by atoms with Crippen molar-refractivity contribution in [3.05, 3.63) is 40.6 Å². The van der Waals surface area contributed by atoms with Gasteiger partial charge in [-0.3, -0.25) is 14.5 Å². The molecule has 0 aromatic heterocycles. The maximum atomic E-state index is 12.9. The molecule has 2 aliphatic rings. The van der Waals surface area contributed by atoms with Gasteiger partial charge in [-0.25, -0.2) is 4.90 Å². The summed E-state index contributed by atoms with van der Waals surface area (Å²) >= 11 is 6.08. The van der Waals surface area contributed by atoms with E-state index in [1.165, 1.54) is 6.07 Å². The number of β-amino-alcohol motifs (C(OH)–C–C–N with tert-alkyl or cyclic N) is 1. The van der Waals surface area contributed by atoms with Gasteiger partial charge in [-0.05, 0) is 18.2 Å². The van der Waals surface area contributed by atoms with E-state index in [-0.39, 0.29) is 23.0 Å². The molecule has 0 spiro atoms. The Morgan fingerprint density at radius 1 is 1.07 bits per heavy atom. The molecule has 6 nitrogen and oxygen atoms in total. The zero-order chi connectivity index (χ0) is 19.8. The molecule has 1 N–H and O–H groups in total. The molecule has 2 heterocycles. The third-order valence-corrected chi connectivity index (χ3v) is 4.88. The van der Waals surface area contributed by atoms with Crippen molar-refractivity contribution in [2.75, 3.05) is 44.2 Å². The summed E-state index contributed by atoms with van der Waals surface area (Å²) in [6, 6.07) is 4.02. The lowest BCUT2D eigenvalue weighted by atomic mass is 10.2.